The molecule has 0 spiro atoms. The Morgan fingerprint density at radius 2 is 1.94 bits per heavy atom. The van der Waals surface area contributed by atoms with E-state index in [-0.39, 0.29) is 5.56 Å². The van der Waals surface area contributed by atoms with Gasteiger partial charge < -0.3 is 5.73 Å². The van der Waals surface area contributed by atoms with Crippen molar-refractivity contribution < 1.29 is 0 Å². The molecular weight excluding hydrogens is 226 g/mol. The van der Waals surface area contributed by atoms with E-state index in [1.54, 1.807) is 13.1 Å². The largest absolute Gasteiger partial charge is 0.326 e. The predicted octanol–water partition coefficient (Wildman–Crippen LogP) is 1.52. The van der Waals surface area contributed by atoms with Crippen molar-refractivity contribution in [1.29, 1.82) is 0 Å². The lowest BCUT2D eigenvalue weighted by molar-refractivity contribution is 0.704. The SMILES string of the molecule is Cc1ccc(-c2nn(C)c(=O)cc2CN)cc1C. The van der Waals surface area contributed by atoms with Crippen molar-refractivity contribution in [3.05, 3.63) is 51.3 Å². The quantitative estimate of drug-likeness (QED) is 0.870. The Hall–Kier alpha value is -1.94. The van der Waals surface area contributed by atoms with Gasteiger partial charge in [0.15, 0.2) is 0 Å². The van der Waals surface area contributed by atoms with Crippen molar-refractivity contribution in [2.75, 3.05) is 0 Å². The molecule has 0 aliphatic heterocycles. The normalized spacial score (nSPS) is 10.7. The smallest absolute Gasteiger partial charge is 0.266 e. The summed E-state index contributed by atoms with van der Waals surface area (Å²) in [5.74, 6) is 0. The molecule has 94 valence electrons. The van der Waals surface area contributed by atoms with Gasteiger partial charge in [-0.2, -0.15) is 5.10 Å². The van der Waals surface area contributed by atoms with Crippen LogP contribution in [0.15, 0.2) is 29.1 Å². The van der Waals surface area contributed by atoms with Crippen LogP contribution >= 0.6 is 0 Å². The van der Waals surface area contributed by atoms with Crippen molar-refractivity contribution in [3.8, 4) is 11.3 Å². The fourth-order valence-corrected chi connectivity index (χ4v) is 1.86. The lowest BCUT2D eigenvalue weighted by atomic mass is 10.0. The Morgan fingerprint density at radius 1 is 1.22 bits per heavy atom. The molecule has 0 amide bonds. The number of benzene rings is 1. The average Bonchev–Trinajstić information content (AvgIpc) is 2.35. The highest BCUT2D eigenvalue weighted by atomic mass is 16.1. The minimum absolute atomic E-state index is 0.136. The average molecular weight is 243 g/mol. The monoisotopic (exact) mass is 243 g/mol. The van der Waals surface area contributed by atoms with Gasteiger partial charge in [-0.1, -0.05) is 12.1 Å². The van der Waals surface area contributed by atoms with Crippen LogP contribution in [0.5, 0.6) is 0 Å². The summed E-state index contributed by atoms with van der Waals surface area (Å²) in [6.07, 6.45) is 0. The summed E-state index contributed by atoms with van der Waals surface area (Å²) in [6, 6.07) is 7.69. The number of hydrogen-bond donors (Lipinski definition) is 1. The van der Waals surface area contributed by atoms with Gasteiger partial charge in [0, 0.05) is 25.2 Å². The molecule has 0 fully saturated rings. The van der Waals surface area contributed by atoms with E-state index < -0.39 is 0 Å². The summed E-state index contributed by atoms with van der Waals surface area (Å²) in [5, 5.41) is 4.31. The molecule has 0 radical (unpaired) electrons. The highest BCUT2D eigenvalue weighted by molar-refractivity contribution is 5.64. The molecule has 0 aliphatic carbocycles. The van der Waals surface area contributed by atoms with Gasteiger partial charge in [0.25, 0.3) is 5.56 Å². The molecule has 1 aromatic heterocycles. The Kier molecular flexibility index (Phi) is 3.30. The minimum atomic E-state index is -0.136. The van der Waals surface area contributed by atoms with Gasteiger partial charge >= 0.3 is 0 Å². The zero-order chi connectivity index (χ0) is 13.3. The van der Waals surface area contributed by atoms with E-state index in [0.717, 1.165) is 16.8 Å². The molecule has 2 N–H and O–H groups in total. The zero-order valence-corrected chi connectivity index (χ0v) is 10.9. The number of hydrogen-bond acceptors (Lipinski definition) is 3. The van der Waals surface area contributed by atoms with Gasteiger partial charge in [-0.25, -0.2) is 4.68 Å². The van der Waals surface area contributed by atoms with Gasteiger partial charge in [-0.15, -0.1) is 0 Å². The van der Waals surface area contributed by atoms with Gasteiger partial charge in [-0.3, -0.25) is 4.79 Å². The van der Waals surface area contributed by atoms with Crippen LogP contribution in [0.3, 0.4) is 0 Å². The van der Waals surface area contributed by atoms with E-state index in [1.165, 1.54) is 15.8 Å². The first-order valence-corrected chi connectivity index (χ1v) is 5.88. The van der Waals surface area contributed by atoms with Gasteiger partial charge in [0.2, 0.25) is 0 Å². The number of nitrogens with zero attached hydrogens (tertiary/aromatic N) is 2. The molecule has 0 saturated heterocycles. The van der Waals surface area contributed by atoms with Crippen LogP contribution in [0, 0.1) is 13.8 Å². The summed E-state index contributed by atoms with van der Waals surface area (Å²) < 4.78 is 1.34. The first-order valence-electron chi connectivity index (χ1n) is 5.88. The van der Waals surface area contributed by atoms with Crippen LogP contribution < -0.4 is 11.3 Å². The molecule has 0 aliphatic rings. The lowest BCUT2D eigenvalue weighted by Crippen LogP contribution is -2.21. The number of rotatable bonds is 2. The number of aryl methyl sites for hydroxylation is 3. The van der Waals surface area contributed by atoms with Crippen molar-refractivity contribution in [3.63, 3.8) is 0 Å². The number of nitrogens with two attached hydrogens (primary N) is 1. The van der Waals surface area contributed by atoms with Crippen LogP contribution in [-0.4, -0.2) is 9.78 Å². The summed E-state index contributed by atoms with van der Waals surface area (Å²) in [6.45, 7) is 4.44. The molecule has 0 unspecified atom stereocenters. The molecule has 4 nitrogen and oxygen atoms in total. The van der Waals surface area contributed by atoms with Crippen molar-refractivity contribution in [2.45, 2.75) is 20.4 Å². The second kappa shape index (κ2) is 4.74. The predicted molar refractivity (Wildman–Crippen MR) is 72.3 cm³/mol. The maximum absolute atomic E-state index is 11.5. The fourth-order valence-electron chi connectivity index (χ4n) is 1.86. The first-order chi connectivity index (χ1) is 8.52. The van der Waals surface area contributed by atoms with Crippen molar-refractivity contribution in [1.82, 2.24) is 9.78 Å². The van der Waals surface area contributed by atoms with E-state index in [0.29, 0.717) is 6.54 Å². The molecule has 1 aromatic carbocycles. The Bertz CT molecular complexity index is 644. The third-order valence-corrected chi connectivity index (χ3v) is 3.17. The molecule has 4 heteroatoms. The van der Waals surface area contributed by atoms with E-state index in [4.69, 9.17) is 5.73 Å². The second-order valence-electron chi connectivity index (χ2n) is 4.48. The third-order valence-electron chi connectivity index (χ3n) is 3.17. The number of aromatic nitrogens is 2. The van der Waals surface area contributed by atoms with E-state index in [1.807, 2.05) is 6.07 Å². The molecular formula is C14H17N3O. The molecule has 2 rings (SSSR count). The maximum atomic E-state index is 11.5. The molecule has 0 saturated carbocycles. The van der Waals surface area contributed by atoms with Crippen LogP contribution in [0.25, 0.3) is 11.3 Å². The minimum Gasteiger partial charge on any atom is -0.326 e. The summed E-state index contributed by atoms with van der Waals surface area (Å²) >= 11 is 0. The highest BCUT2D eigenvalue weighted by Crippen LogP contribution is 2.22. The van der Waals surface area contributed by atoms with E-state index in [9.17, 15) is 4.79 Å². The Labute approximate surface area is 106 Å². The lowest BCUT2D eigenvalue weighted by Gasteiger charge is -2.10. The molecule has 0 atom stereocenters. The van der Waals surface area contributed by atoms with Crippen LogP contribution in [-0.2, 0) is 13.6 Å². The second-order valence-corrected chi connectivity index (χ2v) is 4.48. The van der Waals surface area contributed by atoms with Crippen molar-refractivity contribution in [2.24, 2.45) is 12.8 Å². The molecule has 1 heterocycles. The summed E-state index contributed by atoms with van der Waals surface area (Å²) in [7, 11) is 1.65. The van der Waals surface area contributed by atoms with E-state index >= 15 is 0 Å². The van der Waals surface area contributed by atoms with Crippen LogP contribution in [0.1, 0.15) is 16.7 Å². The first kappa shape index (κ1) is 12.5. The van der Waals surface area contributed by atoms with Gasteiger partial charge in [-0.05, 0) is 36.6 Å². The van der Waals surface area contributed by atoms with Crippen LogP contribution in [0.2, 0.25) is 0 Å². The standard InChI is InChI=1S/C14H17N3O/c1-9-4-5-11(6-10(9)2)14-12(8-15)7-13(18)17(3)16-14/h4-7H,8,15H2,1-3H3. The van der Waals surface area contributed by atoms with Crippen molar-refractivity contribution >= 4 is 0 Å². The maximum Gasteiger partial charge on any atom is 0.266 e. The summed E-state index contributed by atoms with van der Waals surface area (Å²) in [5.41, 5.74) is 10.5. The Morgan fingerprint density at radius 3 is 2.56 bits per heavy atom. The van der Waals surface area contributed by atoms with E-state index in [2.05, 4.69) is 31.1 Å². The van der Waals surface area contributed by atoms with Gasteiger partial charge in [0.1, 0.15) is 0 Å². The summed E-state index contributed by atoms with van der Waals surface area (Å²) in [4.78, 5) is 11.5. The fraction of sp³-hybridized carbons (Fsp3) is 0.286. The molecule has 18 heavy (non-hydrogen) atoms. The van der Waals surface area contributed by atoms with Gasteiger partial charge in [0.05, 0.1) is 5.69 Å². The van der Waals surface area contributed by atoms with Crippen LogP contribution in [0.4, 0.5) is 0 Å². The third kappa shape index (κ3) is 2.19. The molecule has 0 bridgehead atoms. The topological polar surface area (TPSA) is 60.9 Å². The highest BCUT2D eigenvalue weighted by Gasteiger charge is 2.09. The molecule has 2 aromatic rings. The Balaban J connectivity index is 2.66. The zero-order valence-electron chi connectivity index (χ0n) is 10.9.